The molecule has 6 nitrogen and oxygen atoms in total. The molecule has 0 bridgehead atoms. The van der Waals surface area contributed by atoms with Crippen LogP contribution in [-0.4, -0.2) is 84.9 Å². The third kappa shape index (κ3) is 3.43. The number of hydrogen-bond acceptors (Lipinski definition) is 4. The summed E-state index contributed by atoms with van der Waals surface area (Å²) < 4.78 is 0. The van der Waals surface area contributed by atoms with Crippen molar-refractivity contribution in [2.75, 3.05) is 52.4 Å². The van der Waals surface area contributed by atoms with Crippen LogP contribution in [0.4, 0.5) is 0 Å². The average molecular weight is 308 g/mol. The molecule has 6 heteroatoms. The predicted octanol–water partition coefficient (Wildman–Crippen LogP) is -0.249. The van der Waals surface area contributed by atoms with E-state index in [-0.39, 0.29) is 17.7 Å². The van der Waals surface area contributed by atoms with Crippen molar-refractivity contribution in [3.63, 3.8) is 0 Å². The molecule has 0 saturated carbocycles. The summed E-state index contributed by atoms with van der Waals surface area (Å²) in [6.45, 7) is 8.38. The summed E-state index contributed by atoms with van der Waals surface area (Å²) in [7, 11) is 0. The van der Waals surface area contributed by atoms with Crippen LogP contribution in [0.5, 0.6) is 0 Å². The Morgan fingerprint density at radius 2 is 1.77 bits per heavy atom. The summed E-state index contributed by atoms with van der Waals surface area (Å²) in [4.78, 5) is 30.9. The van der Waals surface area contributed by atoms with E-state index in [9.17, 15) is 9.59 Å². The van der Waals surface area contributed by atoms with E-state index in [1.54, 1.807) is 0 Å². The second kappa shape index (κ2) is 6.96. The Hall–Kier alpha value is -1.14. The zero-order valence-electron chi connectivity index (χ0n) is 13.6. The van der Waals surface area contributed by atoms with Crippen LogP contribution in [0.15, 0.2) is 0 Å². The van der Waals surface area contributed by atoms with Gasteiger partial charge in [-0.3, -0.25) is 14.5 Å². The van der Waals surface area contributed by atoms with Gasteiger partial charge in [0.15, 0.2) is 0 Å². The van der Waals surface area contributed by atoms with Gasteiger partial charge < -0.3 is 15.1 Å². The van der Waals surface area contributed by atoms with E-state index in [4.69, 9.17) is 0 Å². The van der Waals surface area contributed by atoms with Crippen molar-refractivity contribution in [2.24, 2.45) is 5.92 Å². The summed E-state index contributed by atoms with van der Waals surface area (Å²) in [5, 5.41) is 3.15. The summed E-state index contributed by atoms with van der Waals surface area (Å²) in [5.74, 6) is 0.729. The fraction of sp³-hybridized carbons (Fsp3) is 0.875. The number of nitrogens with zero attached hydrogens (tertiary/aromatic N) is 3. The maximum atomic E-state index is 12.5. The molecule has 0 spiro atoms. The quantitative estimate of drug-likeness (QED) is 0.781. The van der Waals surface area contributed by atoms with E-state index in [0.29, 0.717) is 12.6 Å². The van der Waals surface area contributed by atoms with Crippen molar-refractivity contribution in [2.45, 2.75) is 32.2 Å². The van der Waals surface area contributed by atoms with Gasteiger partial charge in [0, 0.05) is 51.9 Å². The Morgan fingerprint density at radius 3 is 2.36 bits per heavy atom. The van der Waals surface area contributed by atoms with Crippen molar-refractivity contribution in [1.82, 2.24) is 20.0 Å². The Kier molecular flexibility index (Phi) is 4.98. The lowest BCUT2D eigenvalue weighted by atomic mass is 10.0. The smallest absolute Gasteiger partial charge is 0.236 e. The standard InChI is InChI=1S/C16H28N4O2/c1-13-4-2-3-5-20(13)15(21)12-18-6-8-19(9-7-18)16(22)14-10-17-11-14/h13-14,17H,2-12H2,1H3. The number of amides is 2. The lowest BCUT2D eigenvalue weighted by Crippen LogP contribution is -2.57. The number of likely N-dealkylation sites (tertiary alicyclic amines) is 1. The van der Waals surface area contributed by atoms with Gasteiger partial charge in [0.25, 0.3) is 0 Å². The molecule has 1 N–H and O–H groups in total. The van der Waals surface area contributed by atoms with Gasteiger partial charge in [0.05, 0.1) is 12.5 Å². The molecule has 3 rings (SSSR count). The van der Waals surface area contributed by atoms with Gasteiger partial charge in [0.1, 0.15) is 0 Å². The van der Waals surface area contributed by atoms with Gasteiger partial charge in [-0.05, 0) is 26.2 Å². The lowest BCUT2D eigenvalue weighted by Gasteiger charge is -2.39. The topological polar surface area (TPSA) is 55.9 Å². The summed E-state index contributed by atoms with van der Waals surface area (Å²) >= 11 is 0. The van der Waals surface area contributed by atoms with Crippen molar-refractivity contribution in [1.29, 1.82) is 0 Å². The zero-order valence-corrected chi connectivity index (χ0v) is 13.6. The number of hydrogen-bond donors (Lipinski definition) is 1. The minimum Gasteiger partial charge on any atom is -0.340 e. The average Bonchev–Trinajstić information content (AvgIpc) is 2.46. The van der Waals surface area contributed by atoms with Gasteiger partial charge >= 0.3 is 0 Å². The van der Waals surface area contributed by atoms with Crippen LogP contribution in [0.25, 0.3) is 0 Å². The largest absolute Gasteiger partial charge is 0.340 e. The van der Waals surface area contributed by atoms with Crippen molar-refractivity contribution >= 4 is 11.8 Å². The van der Waals surface area contributed by atoms with E-state index in [0.717, 1.165) is 58.7 Å². The minimum absolute atomic E-state index is 0.183. The highest BCUT2D eigenvalue weighted by molar-refractivity contribution is 5.80. The highest BCUT2D eigenvalue weighted by Gasteiger charge is 2.32. The maximum absolute atomic E-state index is 12.5. The summed E-state index contributed by atoms with van der Waals surface area (Å²) in [6.07, 6.45) is 3.50. The molecule has 22 heavy (non-hydrogen) atoms. The Bertz CT molecular complexity index is 416. The first-order valence-corrected chi connectivity index (χ1v) is 8.66. The molecule has 3 fully saturated rings. The molecule has 0 aromatic carbocycles. The molecule has 124 valence electrons. The van der Waals surface area contributed by atoms with Gasteiger partial charge in [-0.2, -0.15) is 0 Å². The van der Waals surface area contributed by atoms with Crippen LogP contribution in [0.2, 0.25) is 0 Å². The van der Waals surface area contributed by atoms with Crippen LogP contribution >= 0.6 is 0 Å². The number of piperidine rings is 1. The number of rotatable bonds is 3. The van der Waals surface area contributed by atoms with Crippen LogP contribution in [0, 0.1) is 5.92 Å². The number of carbonyl (C=O) groups is 2. The fourth-order valence-corrected chi connectivity index (χ4v) is 3.60. The number of piperazine rings is 1. The molecule has 1 unspecified atom stereocenters. The van der Waals surface area contributed by atoms with Gasteiger partial charge in [-0.1, -0.05) is 0 Å². The second-order valence-corrected chi connectivity index (χ2v) is 6.89. The number of carbonyl (C=O) groups excluding carboxylic acids is 2. The first-order valence-electron chi connectivity index (χ1n) is 8.66. The molecule has 0 aromatic heterocycles. The minimum atomic E-state index is 0.183. The normalized spacial score (nSPS) is 27.6. The fourth-order valence-electron chi connectivity index (χ4n) is 3.60. The lowest BCUT2D eigenvalue weighted by molar-refractivity contribution is -0.140. The molecule has 0 aliphatic carbocycles. The Labute approximate surface area is 132 Å². The molecular weight excluding hydrogens is 280 g/mol. The van der Waals surface area contributed by atoms with Crippen LogP contribution in [-0.2, 0) is 9.59 Å². The van der Waals surface area contributed by atoms with Gasteiger partial charge in [0.2, 0.25) is 11.8 Å². The first kappa shape index (κ1) is 15.7. The summed E-state index contributed by atoms with van der Waals surface area (Å²) in [5.41, 5.74) is 0. The zero-order chi connectivity index (χ0) is 15.5. The van der Waals surface area contributed by atoms with Crippen LogP contribution in [0.3, 0.4) is 0 Å². The maximum Gasteiger partial charge on any atom is 0.236 e. The molecule has 3 heterocycles. The molecule has 2 amide bonds. The van der Waals surface area contributed by atoms with Crippen molar-refractivity contribution in [3.8, 4) is 0 Å². The van der Waals surface area contributed by atoms with Crippen molar-refractivity contribution < 1.29 is 9.59 Å². The molecular formula is C16H28N4O2. The molecule has 3 saturated heterocycles. The monoisotopic (exact) mass is 308 g/mol. The Balaban J connectivity index is 1.43. The summed E-state index contributed by atoms with van der Waals surface area (Å²) in [6, 6.07) is 0.384. The number of nitrogens with one attached hydrogen (secondary N) is 1. The van der Waals surface area contributed by atoms with E-state index >= 15 is 0 Å². The molecule has 3 aliphatic rings. The van der Waals surface area contributed by atoms with Gasteiger partial charge in [-0.25, -0.2) is 0 Å². The SMILES string of the molecule is CC1CCCCN1C(=O)CN1CCN(C(=O)C2CNC2)CC1. The van der Waals surface area contributed by atoms with Crippen LogP contribution in [0.1, 0.15) is 26.2 Å². The first-order chi connectivity index (χ1) is 10.6. The molecule has 3 aliphatic heterocycles. The molecule has 0 radical (unpaired) electrons. The Morgan fingerprint density at radius 1 is 1.05 bits per heavy atom. The van der Waals surface area contributed by atoms with E-state index in [1.807, 2.05) is 9.80 Å². The van der Waals surface area contributed by atoms with E-state index in [1.165, 1.54) is 6.42 Å². The molecule has 0 aromatic rings. The van der Waals surface area contributed by atoms with E-state index in [2.05, 4.69) is 17.1 Å². The predicted molar refractivity (Wildman–Crippen MR) is 84.4 cm³/mol. The third-order valence-corrected chi connectivity index (χ3v) is 5.30. The van der Waals surface area contributed by atoms with E-state index < -0.39 is 0 Å². The van der Waals surface area contributed by atoms with Crippen LogP contribution < -0.4 is 5.32 Å². The second-order valence-electron chi connectivity index (χ2n) is 6.89. The molecule has 1 atom stereocenters. The highest BCUT2D eigenvalue weighted by atomic mass is 16.2. The van der Waals surface area contributed by atoms with Crippen molar-refractivity contribution in [3.05, 3.63) is 0 Å². The van der Waals surface area contributed by atoms with Gasteiger partial charge in [-0.15, -0.1) is 0 Å². The highest BCUT2D eigenvalue weighted by Crippen LogP contribution is 2.17. The third-order valence-electron chi connectivity index (χ3n) is 5.30.